The fraction of sp³-hybridized carbons (Fsp3) is 0.273. The highest BCUT2D eigenvalue weighted by Gasteiger charge is 2.39. The average molecular weight is 430 g/mol. The standard InChI is InChI=1S/C22H21F3N4O2/c23-16-4-1-14(2-5-16)19-12-20-22(31)28(9-10-29(20)27-19)8-7-21(30)26-13-15-3-6-17(24)11-18(15)25/h1-6,9-11,19-20,27H,7-8,12-13H2,(H,26,30). The Balaban J connectivity index is 1.28. The number of amides is 2. The normalized spacial score (nSPS) is 20.2. The van der Waals surface area contributed by atoms with Gasteiger partial charge in [-0.1, -0.05) is 18.2 Å². The summed E-state index contributed by atoms with van der Waals surface area (Å²) in [5, 5.41) is 4.30. The molecule has 2 N–H and O–H groups in total. The predicted octanol–water partition coefficient (Wildman–Crippen LogP) is 2.74. The second-order valence-electron chi connectivity index (χ2n) is 7.48. The lowest BCUT2D eigenvalue weighted by molar-refractivity contribution is -0.134. The van der Waals surface area contributed by atoms with E-state index in [1.54, 1.807) is 29.5 Å². The van der Waals surface area contributed by atoms with E-state index >= 15 is 0 Å². The lowest BCUT2D eigenvalue weighted by Crippen LogP contribution is -2.48. The first-order chi connectivity index (χ1) is 14.9. The van der Waals surface area contributed by atoms with Crippen molar-refractivity contribution in [3.8, 4) is 0 Å². The maximum absolute atomic E-state index is 13.6. The number of nitrogens with one attached hydrogen (secondary N) is 2. The van der Waals surface area contributed by atoms with Gasteiger partial charge in [0.1, 0.15) is 23.5 Å². The van der Waals surface area contributed by atoms with Crippen LogP contribution in [0.4, 0.5) is 13.2 Å². The van der Waals surface area contributed by atoms with Crippen molar-refractivity contribution >= 4 is 11.8 Å². The molecule has 2 aromatic carbocycles. The number of hydrazine groups is 1. The molecular formula is C22H21F3N4O2. The van der Waals surface area contributed by atoms with Crippen LogP contribution in [0.15, 0.2) is 54.9 Å². The van der Waals surface area contributed by atoms with Crippen LogP contribution >= 0.6 is 0 Å². The van der Waals surface area contributed by atoms with Gasteiger partial charge in [0.05, 0.1) is 6.04 Å². The average Bonchev–Trinajstić information content (AvgIpc) is 3.18. The molecule has 2 amide bonds. The minimum atomic E-state index is -0.723. The van der Waals surface area contributed by atoms with Gasteiger partial charge in [-0.15, -0.1) is 0 Å². The van der Waals surface area contributed by atoms with E-state index in [9.17, 15) is 22.8 Å². The Morgan fingerprint density at radius 3 is 2.55 bits per heavy atom. The van der Waals surface area contributed by atoms with Crippen LogP contribution < -0.4 is 10.7 Å². The first kappa shape index (κ1) is 20.9. The van der Waals surface area contributed by atoms with Crippen molar-refractivity contribution < 1.29 is 22.8 Å². The minimum absolute atomic E-state index is 0.0421. The maximum Gasteiger partial charge on any atom is 0.250 e. The number of benzene rings is 2. The van der Waals surface area contributed by atoms with E-state index in [4.69, 9.17) is 0 Å². The SMILES string of the molecule is O=C(CCN1C=CN2NC(c3ccc(F)cc3)CC2C1=O)NCc1ccc(F)cc1F. The fourth-order valence-electron chi connectivity index (χ4n) is 3.70. The molecule has 9 heteroatoms. The topological polar surface area (TPSA) is 64.7 Å². The van der Waals surface area contributed by atoms with Crippen molar-refractivity contribution in [3.63, 3.8) is 0 Å². The molecule has 1 fully saturated rings. The van der Waals surface area contributed by atoms with Crippen LogP contribution in [0.25, 0.3) is 0 Å². The van der Waals surface area contributed by atoms with E-state index in [1.807, 2.05) is 0 Å². The molecule has 2 unspecified atom stereocenters. The number of fused-ring (bicyclic) bond motifs is 1. The molecule has 2 aliphatic heterocycles. The van der Waals surface area contributed by atoms with Gasteiger partial charge in [-0.3, -0.25) is 9.59 Å². The number of hydrogen-bond acceptors (Lipinski definition) is 4. The van der Waals surface area contributed by atoms with Crippen LogP contribution in [0.3, 0.4) is 0 Å². The summed E-state index contributed by atoms with van der Waals surface area (Å²) in [5.41, 5.74) is 4.30. The Labute approximate surface area is 177 Å². The summed E-state index contributed by atoms with van der Waals surface area (Å²) in [6.45, 7) is 0.118. The van der Waals surface area contributed by atoms with Crippen molar-refractivity contribution in [1.29, 1.82) is 0 Å². The molecule has 6 nitrogen and oxygen atoms in total. The van der Waals surface area contributed by atoms with Gasteiger partial charge in [-0.05, 0) is 30.2 Å². The second-order valence-corrected chi connectivity index (χ2v) is 7.48. The molecule has 2 aromatic rings. The molecule has 0 aliphatic carbocycles. The van der Waals surface area contributed by atoms with Gasteiger partial charge in [0.2, 0.25) is 5.91 Å². The minimum Gasteiger partial charge on any atom is -0.352 e. The van der Waals surface area contributed by atoms with Gasteiger partial charge in [-0.25, -0.2) is 18.6 Å². The molecule has 0 radical (unpaired) electrons. The lowest BCUT2D eigenvalue weighted by Gasteiger charge is -2.31. The smallest absolute Gasteiger partial charge is 0.250 e. The van der Waals surface area contributed by atoms with E-state index in [-0.39, 0.29) is 48.7 Å². The van der Waals surface area contributed by atoms with Gasteiger partial charge in [0, 0.05) is 43.5 Å². The Kier molecular flexibility index (Phi) is 5.94. The molecular weight excluding hydrogens is 409 g/mol. The third-order valence-electron chi connectivity index (χ3n) is 5.42. The summed E-state index contributed by atoms with van der Waals surface area (Å²) in [6, 6.07) is 8.77. The van der Waals surface area contributed by atoms with E-state index < -0.39 is 17.7 Å². The third kappa shape index (κ3) is 4.72. The van der Waals surface area contributed by atoms with Crippen LogP contribution in [-0.4, -0.2) is 34.3 Å². The molecule has 0 saturated carbocycles. The molecule has 1 saturated heterocycles. The molecule has 0 aromatic heterocycles. The molecule has 4 rings (SSSR count). The van der Waals surface area contributed by atoms with Crippen LogP contribution in [0, 0.1) is 17.5 Å². The van der Waals surface area contributed by atoms with Gasteiger partial charge >= 0.3 is 0 Å². The highest BCUT2D eigenvalue weighted by molar-refractivity contribution is 5.85. The van der Waals surface area contributed by atoms with E-state index in [2.05, 4.69) is 10.7 Å². The quantitative estimate of drug-likeness (QED) is 0.740. The largest absolute Gasteiger partial charge is 0.352 e. The number of rotatable bonds is 6. The van der Waals surface area contributed by atoms with Gasteiger partial charge < -0.3 is 15.2 Å². The zero-order valence-electron chi connectivity index (χ0n) is 16.5. The maximum atomic E-state index is 13.6. The number of nitrogens with zero attached hydrogens (tertiary/aromatic N) is 2. The number of halogens is 3. The first-order valence-corrected chi connectivity index (χ1v) is 9.90. The fourth-order valence-corrected chi connectivity index (χ4v) is 3.70. The Hall–Kier alpha value is -3.33. The summed E-state index contributed by atoms with van der Waals surface area (Å²) < 4.78 is 39.7. The number of carbonyl (C=O) groups excluding carboxylic acids is 2. The highest BCUT2D eigenvalue weighted by Crippen LogP contribution is 2.30. The molecule has 2 atom stereocenters. The number of carbonyl (C=O) groups is 2. The molecule has 31 heavy (non-hydrogen) atoms. The summed E-state index contributed by atoms with van der Waals surface area (Å²) in [4.78, 5) is 26.4. The number of hydrogen-bond donors (Lipinski definition) is 2. The molecule has 2 aliphatic rings. The summed E-state index contributed by atoms with van der Waals surface area (Å²) >= 11 is 0. The summed E-state index contributed by atoms with van der Waals surface area (Å²) in [6.07, 6.45) is 3.90. The van der Waals surface area contributed by atoms with Crippen LogP contribution in [0.5, 0.6) is 0 Å². The van der Waals surface area contributed by atoms with Crippen LogP contribution in [-0.2, 0) is 16.1 Å². The van der Waals surface area contributed by atoms with Crippen molar-refractivity contribution in [2.24, 2.45) is 0 Å². The molecule has 2 heterocycles. The zero-order chi connectivity index (χ0) is 22.0. The van der Waals surface area contributed by atoms with Crippen molar-refractivity contribution in [2.75, 3.05) is 6.54 Å². The van der Waals surface area contributed by atoms with Gasteiger partial charge in [0.15, 0.2) is 0 Å². The Morgan fingerprint density at radius 1 is 1.06 bits per heavy atom. The van der Waals surface area contributed by atoms with Crippen LogP contribution in [0.2, 0.25) is 0 Å². The molecule has 162 valence electrons. The monoisotopic (exact) mass is 430 g/mol. The van der Waals surface area contributed by atoms with E-state index in [0.717, 1.165) is 17.7 Å². The zero-order valence-corrected chi connectivity index (χ0v) is 16.5. The van der Waals surface area contributed by atoms with Crippen molar-refractivity contribution in [3.05, 3.63) is 83.4 Å². The van der Waals surface area contributed by atoms with Gasteiger partial charge in [-0.2, -0.15) is 0 Å². The second kappa shape index (κ2) is 8.81. The Bertz CT molecular complexity index is 1010. The third-order valence-corrected chi connectivity index (χ3v) is 5.42. The Morgan fingerprint density at radius 2 is 1.81 bits per heavy atom. The van der Waals surface area contributed by atoms with Gasteiger partial charge in [0.25, 0.3) is 5.91 Å². The van der Waals surface area contributed by atoms with Crippen LogP contribution in [0.1, 0.15) is 30.0 Å². The summed E-state index contributed by atoms with van der Waals surface area (Å²) in [7, 11) is 0. The molecule has 0 spiro atoms. The first-order valence-electron chi connectivity index (χ1n) is 9.90. The van der Waals surface area contributed by atoms with E-state index in [1.165, 1.54) is 23.1 Å². The molecule has 0 bridgehead atoms. The van der Waals surface area contributed by atoms with E-state index in [0.29, 0.717) is 6.42 Å². The predicted molar refractivity (Wildman–Crippen MR) is 106 cm³/mol. The van der Waals surface area contributed by atoms with Crippen molar-refractivity contribution in [2.45, 2.75) is 31.5 Å². The summed E-state index contributed by atoms with van der Waals surface area (Å²) in [5.74, 6) is -2.21. The lowest BCUT2D eigenvalue weighted by atomic mass is 10.0. The van der Waals surface area contributed by atoms with Crippen molar-refractivity contribution in [1.82, 2.24) is 20.7 Å². The highest BCUT2D eigenvalue weighted by atomic mass is 19.1.